The molecule has 0 spiro atoms. The summed E-state index contributed by atoms with van der Waals surface area (Å²) in [6.45, 7) is 2.66. The average Bonchev–Trinajstić information content (AvgIpc) is 2.62. The summed E-state index contributed by atoms with van der Waals surface area (Å²) in [5, 5.41) is 7.51. The van der Waals surface area contributed by atoms with Crippen LogP contribution in [0.1, 0.15) is 11.6 Å². The molecular formula is C19H22Cl3N3O2. The summed E-state index contributed by atoms with van der Waals surface area (Å²) in [5.74, 6) is 0.467. The number of nitrogens with one attached hydrogen (secondary N) is 2. The van der Waals surface area contributed by atoms with Gasteiger partial charge in [-0.1, -0.05) is 35.3 Å². The lowest BCUT2D eigenvalue weighted by Crippen LogP contribution is -2.48. The van der Waals surface area contributed by atoms with Gasteiger partial charge in [0.05, 0.1) is 19.3 Å². The van der Waals surface area contributed by atoms with Gasteiger partial charge in [-0.05, 0) is 35.9 Å². The van der Waals surface area contributed by atoms with E-state index in [-0.39, 0.29) is 30.9 Å². The fraction of sp³-hybridized carbons (Fsp3) is 0.316. The molecule has 1 amide bonds. The van der Waals surface area contributed by atoms with Gasteiger partial charge in [0.25, 0.3) is 0 Å². The summed E-state index contributed by atoms with van der Waals surface area (Å²) < 4.78 is 5.28. The van der Waals surface area contributed by atoms with E-state index in [1.165, 1.54) is 0 Å². The third kappa shape index (κ3) is 5.74. The minimum Gasteiger partial charge on any atom is -0.495 e. The van der Waals surface area contributed by atoms with Crippen LogP contribution in [0.3, 0.4) is 0 Å². The van der Waals surface area contributed by atoms with Crippen molar-refractivity contribution < 1.29 is 9.53 Å². The van der Waals surface area contributed by atoms with E-state index in [1.807, 2.05) is 24.3 Å². The minimum absolute atomic E-state index is 0. The van der Waals surface area contributed by atoms with Gasteiger partial charge in [0.1, 0.15) is 5.75 Å². The quantitative estimate of drug-likeness (QED) is 0.752. The van der Waals surface area contributed by atoms with Gasteiger partial charge in [0.2, 0.25) is 5.91 Å². The Morgan fingerprint density at radius 2 is 2.04 bits per heavy atom. The van der Waals surface area contributed by atoms with Crippen molar-refractivity contribution in [1.82, 2.24) is 10.2 Å². The number of amides is 1. The molecule has 0 bridgehead atoms. The van der Waals surface area contributed by atoms with Crippen LogP contribution in [-0.4, -0.2) is 44.1 Å². The van der Waals surface area contributed by atoms with Crippen molar-refractivity contribution in [3.05, 3.63) is 58.1 Å². The van der Waals surface area contributed by atoms with E-state index in [2.05, 4.69) is 15.5 Å². The van der Waals surface area contributed by atoms with Gasteiger partial charge in [0, 0.05) is 35.7 Å². The first-order valence-corrected chi connectivity index (χ1v) is 9.16. The summed E-state index contributed by atoms with van der Waals surface area (Å²) in [6, 6.07) is 13.0. The summed E-state index contributed by atoms with van der Waals surface area (Å²) in [4.78, 5) is 14.8. The molecule has 8 heteroatoms. The van der Waals surface area contributed by atoms with Crippen LogP contribution in [0.2, 0.25) is 10.0 Å². The number of benzene rings is 2. The first kappa shape index (κ1) is 21.8. The molecule has 1 saturated heterocycles. The molecule has 1 aliphatic heterocycles. The lowest BCUT2D eigenvalue weighted by Gasteiger charge is -2.36. The number of hydrogen-bond acceptors (Lipinski definition) is 4. The zero-order valence-corrected chi connectivity index (χ0v) is 17.2. The third-order valence-corrected chi connectivity index (χ3v) is 4.84. The maximum absolute atomic E-state index is 12.6. The number of rotatable bonds is 5. The molecule has 1 atom stereocenters. The third-order valence-electron chi connectivity index (χ3n) is 4.37. The number of piperazine rings is 1. The lowest BCUT2D eigenvalue weighted by atomic mass is 10.0. The second-order valence-electron chi connectivity index (χ2n) is 6.14. The fourth-order valence-corrected chi connectivity index (χ4v) is 3.50. The summed E-state index contributed by atoms with van der Waals surface area (Å²) >= 11 is 12.2. The van der Waals surface area contributed by atoms with Crippen LogP contribution in [0.25, 0.3) is 0 Å². The van der Waals surface area contributed by atoms with Gasteiger partial charge >= 0.3 is 0 Å². The first-order valence-electron chi connectivity index (χ1n) is 8.40. The molecule has 1 fully saturated rings. The van der Waals surface area contributed by atoms with Crippen molar-refractivity contribution in [3.63, 3.8) is 0 Å². The standard InChI is InChI=1S/C19H21Cl2N3O2.ClH/c1-26-18-6-5-15(21)10-16(18)23-19(25)12-24-8-7-22-11-17(24)13-3-2-4-14(20)9-13;/h2-6,9-10,17,22H,7-8,11-12H2,1H3,(H,23,25);1H. The van der Waals surface area contributed by atoms with Crippen LogP contribution >= 0.6 is 35.6 Å². The van der Waals surface area contributed by atoms with E-state index < -0.39 is 0 Å². The molecule has 0 aliphatic carbocycles. The Bertz CT molecular complexity index is 789. The van der Waals surface area contributed by atoms with E-state index in [4.69, 9.17) is 27.9 Å². The van der Waals surface area contributed by atoms with Crippen molar-refractivity contribution >= 4 is 47.2 Å². The molecule has 0 saturated carbocycles. The van der Waals surface area contributed by atoms with Crippen LogP contribution in [0, 0.1) is 0 Å². The van der Waals surface area contributed by atoms with Gasteiger partial charge in [-0.3, -0.25) is 9.69 Å². The van der Waals surface area contributed by atoms with Gasteiger partial charge in [-0.15, -0.1) is 12.4 Å². The van der Waals surface area contributed by atoms with E-state index in [0.29, 0.717) is 21.5 Å². The van der Waals surface area contributed by atoms with Crippen molar-refractivity contribution in [2.45, 2.75) is 6.04 Å². The predicted octanol–water partition coefficient (Wildman–Crippen LogP) is 4.01. The number of halogens is 3. The van der Waals surface area contributed by atoms with Crippen molar-refractivity contribution in [2.75, 3.05) is 38.6 Å². The molecule has 0 radical (unpaired) electrons. The highest BCUT2D eigenvalue weighted by molar-refractivity contribution is 6.31. The monoisotopic (exact) mass is 429 g/mol. The summed E-state index contributed by atoms with van der Waals surface area (Å²) in [7, 11) is 1.56. The molecular weight excluding hydrogens is 409 g/mol. The maximum atomic E-state index is 12.6. The van der Waals surface area contributed by atoms with Crippen LogP contribution in [0.15, 0.2) is 42.5 Å². The number of anilines is 1. The first-order chi connectivity index (χ1) is 12.6. The fourth-order valence-electron chi connectivity index (χ4n) is 3.13. The lowest BCUT2D eigenvalue weighted by molar-refractivity contribution is -0.118. The minimum atomic E-state index is -0.112. The Hall–Kier alpha value is -1.50. The molecule has 1 heterocycles. The Morgan fingerprint density at radius 3 is 2.78 bits per heavy atom. The molecule has 2 aromatic carbocycles. The van der Waals surface area contributed by atoms with Gasteiger partial charge < -0.3 is 15.4 Å². The molecule has 0 aromatic heterocycles. The van der Waals surface area contributed by atoms with Gasteiger partial charge in [-0.2, -0.15) is 0 Å². The van der Waals surface area contributed by atoms with Crippen LogP contribution in [0.5, 0.6) is 5.75 Å². The highest BCUT2D eigenvalue weighted by atomic mass is 35.5. The number of carbonyl (C=O) groups excluding carboxylic acids is 1. The molecule has 146 valence electrons. The highest BCUT2D eigenvalue weighted by Crippen LogP contribution is 2.28. The van der Waals surface area contributed by atoms with Crippen LogP contribution < -0.4 is 15.4 Å². The highest BCUT2D eigenvalue weighted by Gasteiger charge is 2.26. The largest absolute Gasteiger partial charge is 0.495 e. The van der Waals surface area contributed by atoms with Crippen LogP contribution in [-0.2, 0) is 4.79 Å². The average molecular weight is 431 g/mol. The molecule has 2 aromatic rings. The van der Waals surface area contributed by atoms with Gasteiger partial charge in [-0.25, -0.2) is 0 Å². The smallest absolute Gasteiger partial charge is 0.238 e. The van der Waals surface area contributed by atoms with Crippen molar-refractivity contribution in [3.8, 4) is 5.75 Å². The van der Waals surface area contributed by atoms with E-state index >= 15 is 0 Å². The number of methoxy groups -OCH3 is 1. The Balaban J connectivity index is 0.00000261. The SMILES string of the molecule is COc1ccc(Cl)cc1NC(=O)CN1CCNCC1c1cccc(Cl)c1.Cl. The number of ether oxygens (including phenoxy) is 1. The summed E-state index contributed by atoms with van der Waals surface area (Å²) in [6.07, 6.45) is 0. The second kappa shape index (κ2) is 10.2. The normalized spacial score (nSPS) is 17.1. The van der Waals surface area contributed by atoms with Crippen LogP contribution in [0.4, 0.5) is 5.69 Å². The maximum Gasteiger partial charge on any atom is 0.238 e. The topological polar surface area (TPSA) is 53.6 Å². The Labute approximate surface area is 175 Å². The molecule has 2 N–H and O–H groups in total. The molecule has 3 rings (SSSR count). The molecule has 1 aliphatic rings. The number of nitrogens with zero attached hydrogens (tertiary/aromatic N) is 1. The zero-order valence-electron chi connectivity index (χ0n) is 14.9. The molecule has 27 heavy (non-hydrogen) atoms. The van der Waals surface area contributed by atoms with E-state index in [0.717, 1.165) is 25.2 Å². The van der Waals surface area contributed by atoms with Crippen molar-refractivity contribution in [2.24, 2.45) is 0 Å². The van der Waals surface area contributed by atoms with E-state index in [1.54, 1.807) is 25.3 Å². The van der Waals surface area contributed by atoms with E-state index in [9.17, 15) is 4.79 Å². The Morgan fingerprint density at radius 1 is 1.26 bits per heavy atom. The molecule has 1 unspecified atom stereocenters. The number of carbonyl (C=O) groups is 1. The molecule has 5 nitrogen and oxygen atoms in total. The van der Waals surface area contributed by atoms with Crippen molar-refractivity contribution in [1.29, 1.82) is 0 Å². The number of hydrogen-bond donors (Lipinski definition) is 2. The summed E-state index contributed by atoms with van der Waals surface area (Å²) in [5.41, 5.74) is 1.66. The Kier molecular flexibility index (Phi) is 8.20. The zero-order chi connectivity index (χ0) is 18.5. The van der Waals surface area contributed by atoms with Gasteiger partial charge in [0.15, 0.2) is 0 Å². The second-order valence-corrected chi connectivity index (χ2v) is 7.01. The predicted molar refractivity (Wildman–Crippen MR) is 113 cm³/mol.